The molecule has 0 bridgehead atoms. The second kappa shape index (κ2) is 5.83. The molecule has 17 heavy (non-hydrogen) atoms. The molecule has 0 saturated carbocycles. The van der Waals surface area contributed by atoms with Gasteiger partial charge in [-0.15, -0.1) is 0 Å². The molecule has 0 atom stereocenters. The van der Waals surface area contributed by atoms with E-state index in [0.717, 1.165) is 0 Å². The molecule has 8 nitrogen and oxygen atoms in total. The highest BCUT2D eigenvalue weighted by molar-refractivity contribution is 5.87. The van der Waals surface area contributed by atoms with Crippen molar-refractivity contribution >= 4 is 17.9 Å². The highest BCUT2D eigenvalue weighted by Gasteiger charge is 2.11. The van der Waals surface area contributed by atoms with Crippen LogP contribution in [0.15, 0.2) is 6.33 Å². The topological polar surface area (TPSA) is 100 Å². The number of carboxylic acids is 1. The third-order valence-electron chi connectivity index (χ3n) is 2.16. The number of nitrogens with zero attached hydrogens (tertiary/aromatic N) is 4. The number of carboxylic acid groups (broad SMARTS) is 1. The van der Waals surface area contributed by atoms with Crippen LogP contribution in [0.1, 0.15) is 12.8 Å². The molecule has 0 aromatic carbocycles. The zero-order chi connectivity index (χ0) is 12.8. The van der Waals surface area contributed by atoms with Gasteiger partial charge in [-0.2, -0.15) is 10.1 Å². The van der Waals surface area contributed by atoms with Crippen molar-refractivity contribution in [2.75, 3.05) is 18.9 Å². The van der Waals surface area contributed by atoms with Crippen molar-refractivity contribution in [3.05, 3.63) is 6.33 Å². The molecule has 0 saturated heterocycles. The van der Waals surface area contributed by atoms with Crippen molar-refractivity contribution in [2.45, 2.75) is 12.8 Å². The SMILES string of the molecule is CN(CCCC(=O)O)C(=O)Nc1ncnn1C. The van der Waals surface area contributed by atoms with Gasteiger partial charge in [0, 0.05) is 27.1 Å². The number of nitrogens with one attached hydrogen (secondary N) is 1. The van der Waals surface area contributed by atoms with Crippen LogP contribution in [0.25, 0.3) is 0 Å². The molecule has 0 aliphatic carbocycles. The van der Waals surface area contributed by atoms with Gasteiger partial charge in [0.2, 0.25) is 5.95 Å². The second-order valence-corrected chi connectivity index (χ2v) is 3.56. The number of hydrogen-bond donors (Lipinski definition) is 2. The lowest BCUT2D eigenvalue weighted by Gasteiger charge is -2.16. The molecule has 1 aromatic heterocycles. The minimum atomic E-state index is -0.868. The fourth-order valence-electron chi connectivity index (χ4n) is 1.17. The number of aromatic nitrogens is 3. The third-order valence-corrected chi connectivity index (χ3v) is 2.16. The fourth-order valence-corrected chi connectivity index (χ4v) is 1.17. The molecule has 0 aliphatic heterocycles. The molecule has 1 aromatic rings. The molecule has 2 amide bonds. The van der Waals surface area contributed by atoms with Gasteiger partial charge in [0.25, 0.3) is 0 Å². The standard InChI is InChI=1S/C9H15N5O3/c1-13(5-3-4-7(15)16)9(17)12-8-10-6-11-14(8)2/h6H,3-5H2,1-2H3,(H,15,16)(H,10,11,12,17). The van der Waals surface area contributed by atoms with Crippen LogP contribution in [-0.2, 0) is 11.8 Å². The predicted molar refractivity (Wildman–Crippen MR) is 59.5 cm³/mol. The number of carbonyl (C=O) groups excluding carboxylic acids is 1. The van der Waals surface area contributed by atoms with Gasteiger partial charge in [0.1, 0.15) is 6.33 Å². The largest absolute Gasteiger partial charge is 0.481 e. The first-order valence-electron chi connectivity index (χ1n) is 5.08. The van der Waals surface area contributed by atoms with E-state index in [-0.39, 0.29) is 12.5 Å². The summed E-state index contributed by atoms with van der Waals surface area (Å²) in [5.41, 5.74) is 0. The molecule has 8 heteroatoms. The molecule has 1 rings (SSSR count). The molecular weight excluding hydrogens is 226 g/mol. The van der Waals surface area contributed by atoms with Gasteiger partial charge in [-0.25, -0.2) is 9.48 Å². The van der Waals surface area contributed by atoms with Gasteiger partial charge in [0.15, 0.2) is 0 Å². The summed E-state index contributed by atoms with van der Waals surface area (Å²) in [6.07, 6.45) is 1.79. The number of aryl methyl sites for hydroxylation is 1. The van der Waals surface area contributed by atoms with Gasteiger partial charge >= 0.3 is 12.0 Å². The van der Waals surface area contributed by atoms with E-state index in [9.17, 15) is 9.59 Å². The van der Waals surface area contributed by atoms with Crippen LogP contribution >= 0.6 is 0 Å². The Hall–Kier alpha value is -2.12. The normalized spacial score (nSPS) is 10.0. The van der Waals surface area contributed by atoms with E-state index in [1.807, 2.05) is 0 Å². The van der Waals surface area contributed by atoms with Crippen LogP contribution in [0.2, 0.25) is 0 Å². The van der Waals surface area contributed by atoms with Gasteiger partial charge < -0.3 is 10.0 Å². The van der Waals surface area contributed by atoms with Gasteiger partial charge in [0.05, 0.1) is 0 Å². The number of anilines is 1. The zero-order valence-electron chi connectivity index (χ0n) is 9.75. The van der Waals surface area contributed by atoms with Crippen LogP contribution in [0.3, 0.4) is 0 Å². The molecule has 94 valence electrons. The van der Waals surface area contributed by atoms with Crippen molar-refractivity contribution in [3.63, 3.8) is 0 Å². The minimum absolute atomic E-state index is 0.0432. The number of aliphatic carboxylic acids is 1. The Kier molecular flexibility index (Phi) is 4.44. The molecule has 0 fully saturated rings. The lowest BCUT2D eigenvalue weighted by molar-refractivity contribution is -0.137. The molecule has 2 N–H and O–H groups in total. The number of urea groups is 1. The summed E-state index contributed by atoms with van der Waals surface area (Å²) in [7, 11) is 3.25. The van der Waals surface area contributed by atoms with Gasteiger partial charge in [-0.3, -0.25) is 10.1 Å². The number of carbonyl (C=O) groups is 2. The molecule has 0 aliphatic rings. The summed E-state index contributed by atoms with van der Waals surface area (Å²) in [6.45, 7) is 0.371. The average Bonchev–Trinajstić information content (AvgIpc) is 2.63. The summed E-state index contributed by atoms with van der Waals surface area (Å²) in [5, 5.41) is 14.8. The summed E-state index contributed by atoms with van der Waals surface area (Å²) >= 11 is 0. The summed E-state index contributed by atoms with van der Waals surface area (Å²) in [4.78, 5) is 27.2. The highest BCUT2D eigenvalue weighted by atomic mass is 16.4. The molecule has 0 unspecified atom stereocenters. The monoisotopic (exact) mass is 241 g/mol. The summed E-state index contributed by atoms with van der Waals surface area (Å²) in [6, 6.07) is -0.341. The van der Waals surface area contributed by atoms with E-state index in [0.29, 0.717) is 18.9 Å². The van der Waals surface area contributed by atoms with E-state index >= 15 is 0 Å². The summed E-state index contributed by atoms with van der Waals surface area (Å²) in [5.74, 6) is -0.521. The van der Waals surface area contributed by atoms with E-state index < -0.39 is 5.97 Å². The fraction of sp³-hybridized carbons (Fsp3) is 0.556. The van der Waals surface area contributed by atoms with Crippen LogP contribution in [0.5, 0.6) is 0 Å². The van der Waals surface area contributed by atoms with Crippen molar-refractivity contribution < 1.29 is 14.7 Å². The Morgan fingerprint density at radius 1 is 1.59 bits per heavy atom. The zero-order valence-corrected chi connectivity index (χ0v) is 9.75. The molecular formula is C9H15N5O3. The van der Waals surface area contributed by atoms with Crippen LogP contribution in [-0.4, -0.2) is 50.4 Å². The predicted octanol–water partition coefficient (Wildman–Crippen LogP) is 0.144. The van der Waals surface area contributed by atoms with Crippen LogP contribution < -0.4 is 5.32 Å². The maximum absolute atomic E-state index is 11.6. The van der Waals surface area contributed by atoms with Crippen molar-refractivity contribution in [2.24, 2.45) is 7.05 Å². The minimum Gasteiger partial charge on any atom is -0.481 e. The third kappa shape index (κ3) is 4.09. The molecule has 1 heterocycles. The van der Waals surface area contributed by atoms with Crippen LogP contribution in [0, 0.1) is 0 Å². The van der Waals surface area contributed by atoms with E-state index in [1.54, 1.807) is 14.1 Å². The first-order valence-corrected chi connectivity index (χ1v) is 5.08. The Morgan fingerprint density at radius 3 is 2.82 bits per heavy atom. The quantitative estimate of drug-likeness (QED) is 0.763. The lowest BCUT2D eigenvalue weighted by atomic mass is 10.3. The molecule has 0 spiro atoms. The van der Waals surface area contributed by atoms with Gasteiger partial charge in [-0.1, -0.05) is 0 Å². The molecule has 0 radical (unpaired) electrons. The Bertz CT molecular complexity index is 403. The van der Waals surface area contributed by atoms with E-state index in [4.69, 9.17) is 5.11 Å². The van der Waals surface area contributed by atoms with Gasteiger partial charge in [-0.05, 0) is 6.42 Å². The van der Waals surface area contributed by atoms with Crippen molar-refractivity contribution in [1.82, 2.24) is 19.7 Å². The van der Waals surface area contributed by atoms with E-state index in [1.165, 1.54) is 15.9 Å². The Balaban J connectivity index is 2.37. The average molecular weight is 241 g/mol. The number of rotatable bonds is 5. The second-order valence-electron chi connectivity index (χ2n) is 3.56. The first kappa shape index (κ1) is 12.9. The highest BCUT2D eigenvalue weighted by Crippen LogP contribution is 2.01. The maximum Gasteiger partial charge on any atom is 0.323 e. The lowest BCUT2D eigenvalue weighted by Crippen LogP contribution is -2.33. The number of amides is 2. The first-order chi connectivity index (χ1) is 8.00. The maximum atomic E-state index is 11.6. The Labute approximate surface area is 98.2 Å². The number of hydrogen-bond acceptors (Lipinski definition) is 4. The van der Waals surface area contributed by atoms with Crippen LogP contribution in [0.4, 0.5) is 10.7 Å². The van der Waals surface area contributed by atoms with Crippen molar-refractivity contribution in [3.8, 4) is 0 Å². The smallest absolute Gasteiger partial charge is 0.323 e. The van der Waals surface area contributed by atoms with Crippen molar-refractivity contribution in [1.29, 1.82) is 0 Å². The Morgan fingerprint density at radius 2 is 2.29 bits per heavy atom. The van der Waals surface area contributed by atoms with E-state index in [2.05, 4.69) is 15.4 Å². The summed E-state index contributed by atoms with van der Waals surface area (Å²) < 4.78 is 1.43.